The summed E-state index contributed by atoms with van der Waals surface area (Å²) in [6.45, 7) is 4.11. The summed E-state index contributed by atoms with van der Waals surface area (Å²) in [6, 6.07) is 12.7. The van der Waals surface area contributed by atoms with Gasteiger partial charge in [-0.1, -0.05) is 41.4 Å². The van der Waals surface area contributed by atoms with Crippen molar-refractivity contribution in [1.29, 1.82) is 0 Å². The first-order valence-corrected chi connectivity index (χ1v) is 6.22. The Bertz CT molecular complexity index is 554. The number of anilines is 1. The highest BCUT2D eigenvalue weighted by atomic mass is 35.5. The van der Waals surface area contributed by atoms with Crippen molar-refractivity contribution in [3.8, 4) is 0 Å². The van der Waals surface area contributed by atoms with Gasteiger partial charge in [-0.05, 0) is 37.6 Å². The van der Waals surface area contributed by atoms with Crippen molar-refractivity contribution in [3.63, 3.8) is 0 Å². The predicted octanol–water partition coefficient (Wildman–Crippen LogP) is 4.96. The van der Waals surface area contributed by atoms with E-state index < -0.39 is 0 Å². The minimum atomic E-state index is -0.325. The minimum Gasteiger partial charge on any atom is -0.377 e. The molecule has 0 aliphatic heterocycles. The molecule has 18 heavy (non-hydrogen) atoms. The molecule has 2 aromatic rings. The summed E-state index contributed by atoms with van der Waals surface area (Å²) in [4.78, 5) is 0. The van der Waals surface area contributed by atoms with E-state index in [1.165, 1.54) is 23.3 Å². The van der Waals surface area contributed by atoms with Crippen LogP contribution in [0.15, 0.2) is 42.5 Å². The molecule has 0 saturated heterocycles. The van der Waals surface area contributed by atoms with Gasteiger partial charge in [-0.15, -0.1) is 0 Å². The van der Waals surface area contributed by atoms with Gasteiger partial charge in [0.25, 0.3) is 0 Å². The highest BCUT2D eigenvalue weighted by molar-refractivity contribution is 6.33. The highest BCUT2D eigenvalue weighted by Crippen LogP contribution is 2.27. The molecule has 0 amide bonds. The third kappa shape index (κ3) is 3.02. The maximum absolute atomic E-state index is 12.9. The predicted molar refractivity (Wildman–Crippen MR) is 74.6 cm³/mol. The second kappa shape index (κ2) is 5.40. The molecule has 1 N–H and O–H groups in total. The zero-order chi connectivity index (χ0) is 13.1. The average Bonchev–Trinajstić information content (AvgIpc) is 2.32. The van der Waals surface area contributed by atoms with E-state index in [1.54, 1.807) is 6.07 Å². The quantitative estimate of drug-likeness (QED) is 0.825. The van der Waals surface area contributed by atoms with Crippen molar-refractivity contribution in [2.24, 2.45) is 0 Å². The van der Waals surface area contributed by atoms with Crippen LogP contribution in [-0.4, -0.2) is 0 Å². The van der Waals surface area contributed by atoms with E-state index in [9.17, 15) is 4.39 Å². The molecule has 0 spiro atoms. The molecule has 0 bridgehead atoms. The zero-order valence-corrected chi connectivity index (χ0v) is 11.1. The van der Waals surface area contributed by atoms with Gasteiger partial charge in [-0.3, -0.25) is 0 Å². The Morgan fingerprint density at radius 2 is 1.94 bits per heavy atom. The summed E-state index contributed by atoms with van der Waals surface area (Å²) in [6.07, 6.45) is 0. The van der Waals surface area contributed by atoms with Crippen molar-refractivity contribution in [2.75, 3.05) is 5.32 Å². The van der Waals surface area contributed by atoms with Gasteiger partial charge in [0.1, 0.15) is 5.82 Å². The molecule has 2 rings (SSSR count). The Kier molecular flexibility index (Phi) is 3.87. The molecular formula is C15H15ClFN. The summed E-state index contributed by atoms with van der Waals surface area (Å²) in [5.74, 6) is -0.325. The van der Waals surface area contributed by atoms with Gasteiger partial charge in [0.15, 0.2) is 0 Å². The van der Waals surface area contributed by atoms with Crippen molar-refractivity contribution in [1.82, 2.24) is 0 Å². The third-order valence-corrected chi connectivity index (χ3v) is 3.16. The lowest BCUT2D eigenvalue weighted by atomic mass is 10.1. The van der Waals surface area contributed by atoms with Crippen LogP contribution in [0, 0.1) is 12.7 Å². The molecule has 0 saturated carbocycles. The lowest BCUT2D eigenvalue weighted by Crippen LogP contribution is -2.07. The summed E-state index contributed by atoms with van der Waals surface area (Å²) in [5.41, 5.74) is 3.13. The van der Waals surface area contributed by atoms with Crippen molar-refractivity contribution < 1.29 is 4.39 Å². The first-order chi connectivity index (χ1) is 8.56. The van der Waals surface area contributed by atoms with Crippen LogP contribution < -0.4 is 5.32 Å². The topological polar surface area (TPSA) is 12.0 Å². The van der Waals surface area contributed by atoms with Gasteiger partial charge in [0.05, 0.1) is 10.7 Å². The Balaban J connectivity index is 2.18. The van der Waals surface area contributed by atoms with Gasteiger partial charge in [-0.2, -0.15) is 0 Å². The molecule has 0 fully saturated rings. The number of hydrogen-bond acceptors (Lipinski definition) is 1. The molecule has 0 aliphatic carbocycles. The zero-order valence-electron chi connectivity index (χ0n) is 10.4. The fraction of sp³-hybridized carbons (Fsp3) is 0.200. The van der Waals surface area contributed by atoms with Gasteiger partial charge in [-0.25, -0.2) is 4.39 Å². The van der Waals surface area contributed by atoms with Crippen LogP contribution in [0.1, 0.15) is 24.1 Å². The first-order valence-electron chi connectivity index (χ1n) is 5.84. The number of aryl methyl sites for hydroxylation is 1. The second-order valence-corrected chi connectivity index (χ2v) is 4.81. The van der Waals surface area contributed by atoms with Crippen LogP contribution in [0.25, 0.3) is 0 Å². The molecule has 0 radical (unpaired) electrons. The Morgan fingerprint density at radius 1 is 1.17 bits per heavy atom. The van der Waals surface area contributed by atoms with Crippen LogP contribution >= 0.6 is 11.6 Å². The van der Waals surface area contributed by atoms with Crippen molar-refractivity contribution in [2.45, 2.75) is 19.9 Å². The second-order valence-electron chi connectivity index (χ2n) is 4.40. The molecule has 2 aromatic carbocycles. The van der Waals surface area contributed by atoms with E-state index in [0.717, 1.165) is 5.69 Å². The molecule has 0 aliphatic rings. The van der Waals surface area contributed by atoms with Crippen LogP contribution in [0.4, 0.5) is 10.1 Å². The highest BCUT2D eigenvalue weighted by Gasteiger charge is 2.08. The van der Waals surface area contributed by atoms with E-state index in [1.807, 2.05) is 6.07 Å². The maximum atomic E-state index is 12.9. The number of halogens is 2. The number of rotatable bonds is 3. The van der Waals surface area contributed by atoms with Crippen molar-refractivity contribution >= 4 is 17.3 Å². The lowest BCUT2D eigenvalue weighted by Gasteiger charge is -2.17. The molecule has 1 nitrogen and oxygen atoms in total. The normalized spacial score (nSPS) is 12.2. The van der Waals surface area contributed by atoms with Crippen molar-refractivity contribution in [3.05, 3.63) is 64.4 Å². The van der Waals surface area contributed by atoms with Gasteiger partial charge in [0, 0.05) is 6.04 Å². The third-order valence-electron chi connectivity index (χ3n) is 2.85. The van der Waals surface area contributed by atoms with Crippen LogP contribution in [0.3, 0.4) is 0 Å². The van der Waals surface area contributed by atoms with Crippen LogP contribution in [0.2, 0.25) is 5.02 Å². The maximum Gasteiger partial charge on any atom is 0.124 e. The van der Waals surface area contributed by atoms with Crippen LogP contribution in [0.5, 0.6) is 0 Å². The van der Waals surface area contributed by atoms with E-state index in [-0.39, 0.29) is 11.9 Å². The average molecular weight is 264 g/mol. The molecular weight excluding hydrogens is 249 g/mol. The molecule has 0 aromatic heterocycles. The van der Waals surface area contributed by atoms with Gasteiger partial charge in [0.2, 0.25) is 0 Å². The molecule has 1 atom stereocenters. The van der Waals surface area contributed by atoms with E-state index in [2.05, 4.69) is 37.4 Å². The van der Waals surface area contributed by atoms with E-state index in [4.69, 9.17) is 11.6 Å². The largest absolute Gasteiger partial charge is 0.377 e. The summed E-state index contributed by atoms with van der Waals surface area (Å²) >= 11 is 5.99. The van der Waals surface area contributed by atoms with Crippen LogP contribution in [-0.2, 0) is 0 Å². The van der Waals surface area contributed by atoms with Gasteiger partial charge < -0.3 is 5.32 Å². The minimum absolute atomic E-state index is 0.118. The standard InChI is InChI=1S/C15H15ClFN/c1-10-4-3-5-12(8-10)11(2)18-15-7-6-13(17)9-14(15)16/h3-9,11,18H,1-2H3. The Labute approximate surface area is 112 Å². The fourth-order valence-corrected chi connectivity index (χ4v) is 2.08. The summed E-state index contributed by atoms with van der Waals surface area (Å²) < 4.78 is 12.9. The van der Waals surface area contributed by atoms with Gasteiger partial charge >= 0.3 is 0 Å². The Hall–Kier alpha value is -1.54. The first kappa shape index (κ1) is 12.9. The number of hydrogen-bond donors (Lipinski definition) is 1. The summed E-state index contributed by atoms with van der Waals surface area (Å²) in [5, 5.41) is 3.68. The SMILES string of the molecule is Cc1cccc(C(C)Nc2ccc(F)cc2Cl)c1. The van der Waals surface area contributed by atoms with E-state index in [0.29, 0.717) is 5.02 Å². The molecule has 1 unspecified atom stereocenters. The number of nitrogens with one attached hydrogen (secondary N) is 1. The monoisotopic (exact) mass is 263 g/mol. The lowest BCUT2D eigenvalue weighted by molar-refractivity contribution is 0.628. The Morgan fingerprint density at radius 3 is 2.61 bits per heavy atom. The molecule has 3 heteroatoms. The molecule has 0 heterocycles. The fourth-order valence-electron chi connectivity index (χ4n) is 1.86. The summed E-state index contributed by atoms with van der Waals surface area (Å²) in [7, 11) is 0. The smallest absolute Gasteiger partial charge is 0.124 e. The number of benzene rings is 2. The molecule has 94 valence electrons. The van der Waals surface area contributed by atoms with E-state index >= 15 is 0 Å².